The number of hydrogen-bond acceptors (Lipinski definition) is 4. The van der Waals surface area contributed by atoms with E-state index >= 15 is 0 Å². The predicted octanol–water partition coefficient (Wildman–Crippen LogP) is 1.15. The number of allylic oxidation sites excluding steroid dienone is 4. The first-order valence-corrected chi connectivity index (χ1v) is 5.11. The van der Waals surface area contributed by atoms with Gasteiger partial charge in [-0.05, 0) is 18.2 Å². The molecule has 0 saturated carbocycles. The number of nitrogens with one attached hydrogen (secondary N) is 2. The molecule has 0 aliphatic carbocycles. The van der Waals surface area contributed by atoms with Crippen molar-refractivity contribution in [1.29, 1.82) is 5.41 Å². The summed E-state index contributed by atoms with van der Waals surface area (Å²) in [4.78, 5) is 12.8. The zero-order valence-corrected chi connectivity index (χ0v) is 9.34. The van der Waals surface area contributed by atoms with Gasteiger partial charge in [-0.1, -0.05) is 6.08 Å². The lowest BCUT2D eigenvalue weighted by molar-refractivity contribution is 0.587. The first kappa shape index (κ1) is 11.1. The topological polar surface area (TPSA) is 72.8 Å². The molecule has 1 aliphatic heterocycles. The fourth-order valence-electron chi connectivity index (χ4n) is 1.58. The van der Waals surface area contributed by atoms with Gasteiger partial charge in [0.25, 0.3) is 5.56 Å². The lowest BCUT2D eigenvalue weighted by Gasteiger charge is -2.20. The van der Waals surface area contributed by atoms with Gasteiger partial charge >= 0.3 is 0 Å². The van der Waals surface area contributed by atoms with Gasteiger partial charge < -0.3 is 10.3 Å². The summed E-state index contributed by atoms with van der Waals surface area (Å²) in [5.74, 6) is 0. The van der Waals surface area contributed by atoms with Gasteiger partial charge in [0, 0.05) is 31.1 Å². The maximum absolute atomic E-state index is 10.9. The standard InChI is InChI=1S/C12H12N4O/c1-16-7-3-2-4-11(16)9(8-13)10-5-6-12(17)15-14-10/h2-8,13H,1H3,(H,15,17)/b11-9+,13-8?. The van der Waals surface area contributed by atoms with Gasteiger partial charge in [-0.25, -0.2) is 5.10 Å². The highest BCUT2D eigenvalue weighted by Gasteiger charge is 2.10. The van der Waals surface area contributed by atoms with Gasteiger partial charge in [-0.3, -0.25) is 4.79 Å². The molecule has 0 spiro atoms. The summed E-state index contributed by atoms with van der Waals surface area (Å²) in [5, 5.41) is 13.8. The number of nitrogens with zero attached hydrogens (tertiary/aromatic N) is 2. The maximum Gasteiger partial charge on any atom is 0.264 e. The van der Waals surface area contributed by atoms with E-state index < -0.39 is 0 Å². The van der Waals surface area contributed by atoms with Gasteiger partial charge in [0.05, 0.1) is 11.4 Å². The fourth-order valence-corrected chi connectivity index (χ4v) is 1.58. The summed E-state index contributed by atoms with van der Waals surface area (Å²) in [5.41, 5.74) is 1.84. The van der Waals surface area contributed by atoms with Crippen LogP contribution in [-0.2, 0) is 0 Å². The van der Waals surface area contributed by atoms with Crippen molar-refractivity contribution in [3.8, 4) is 0 Å². The molecule has 86 valence electrons. The van der Waals surface area contributed by atoms with Crippen LogP contribution in [0.3, 0.4) is 0 Å². The summed E-state index contributed by atoms with van der Waals surface area (Å²) in [6.07, 6.45) is 8.82. The summed E-state index contributed by atoms with van der Waals surface area (Å²) >= 11 is 0. The van der Waals surface area contributed by atoms with E-state index in [1.807, 2.05) is 36.4 Å². The van der Waals surface area contributed by atoms with Crippen molar-refractivity contribution in [2.24, 2.45) is 0 Å². The number of H-pyrrole nitrogens is 1. The summed E-state index contributed by atoms with van der Waals surface area (Å²) in [7, 11) is 1.89. The van der Waals surface area contributed by atoms with Crippen molar-refractivity contribution in [2.45, 2.75) is 0 Å². The fraction of sp³-hybridized carbons (Fsp3) is 0.0833. The van der Waals surface area contributed by atoms with Crippen molar-refractivity contribution in [1.82, 2.24) is 15.1 Å². The van der Waals surface area contributed by atoms with Crippen LogP contribution in [0.4, 0.5) is 0 Å². The Morgan fingerprint density at radius 1 is 1.47 bits per heavy atom. The van der Waals surface area contributed by atoms with E-state index in [4.69, 9.17) is 5.41 Å². The van der Waals surface area contributed by atoms with Crippen LogP contribution in [0.5, 0.6) is 0 Å². The lowest BCUT2D eigenvalue weighted by Crippen LogP contribution is -2.15. The SMILES string of the molecule is CN1C=CC=C/C1=C(/C=N)c1ccc(=O)[nH]n1. The molecular formula is C12H12N4O. The van der Waals surface area contributed by atoms with Crippen LogP contribution in [0.2, 0.25) is 0 Å². The largest absolute Gasteiger partial charge is 0.350 e. The molecule has 0 saturated heterocycles. The summed E-state index contributed by atoms with van der Waals surface area (Å²) in [6, 6.07) is 3.00. The van der Waals surface area contributed by atoms with Crippen molar-refractivity contribution >= 4 is 11.8 Å². The normalized spacial score (nSPS) is 17.1. The number of aromatic amines is 1. The molecule has 1 aromatic rings. The van der Waals surface area contributed by atoms with Crippen molar-refractivity contribution in [2.75, 3.05) is 7.05 Å². The summed E-state index contributed by atoms with van der Waals surface area (Å²) < 4.78 is 0. The Morgan fingerprint density at radius 3 is 2.88 bits per heavy atom. The van der Waals surface area contributed by atoms with Crippen LogP contribution in [0.1, 0.15) is 5.69 Å². The minimum absolute atomic E-state index is 0.254. The monoisotopic (exact) mass is 228 g/mol. The number of aromatic nitrogens is 2. The highest BCUT2D eigenvalue weighted by Crippen LogP contribution is 2.19. The Kier molecular flexibility index (Phi) is 3.00. The first-order valence-electron chi connectivity index (χ1n) is 5.11. The van der Waals surface area contributed by atoms with Crippen LogP contribution in [-0.4, -0.2) is 28.4 Å². The zero-order valence-electron chi connectivity index (χ0n) is 9.34. The van der Waals surface area contributed by atoms with Crippen molar-refractivity contribution in [3.63, 3.8) is 0 Å². The molecule has 0 fully saturated rings. The zero-order chi connectivity index (χ0) is 12.3. The molecule has 5 heteroatoms. The lowest BCUT2D eigenvalue weighted by atomic mass is 10.1. The van der Waals surface area contributed by atoms with Gasteiger partial charge in [-0.2, -0.15) is 5.10 Å². The Balaban J connectivity index is 2.53. The molecule has 1 aliphatic rings. The van der Waals surface area contributed by atoms with E-state index in [-0.39, 0.29) is 5.56 Å². The second-order valence-electron chi connectivity index (χ2n) is 3.56. The third-order valence-corrected chi connectivity index (χ3v) is 2.43. The second-order valence-corrected chi connectivity index (χ2v) is 3.56. The highest BCUT2D eigenvalue weighted by molar-refractivity contribution is 6.09. The van der Waals surface area contributed by atoms with Crippen LogP contribution in [0, 0.1) is 5.41 Å². The molecule has 1 aromatic heterocycles. The van der Waals surface area contributed by atoms with E-state index in [2.05, 4.69) is 10.2 Å². The molecule has 2 heterocycles. The quantitative estimate of drug-likeness (QED) is 0.746. The smallest absolute Gasteiger partial charge is 0.264 e. The molecule has 0 unspecified atom stereocenters. The Morgan fingerprint density at radius 2 is 2.29 bits per heavy atom. The number of rotatable bonds is 2. The molecule has 2 rings (SSSR count). The van der Waals surface area contributed by atoms with E-state index in [0.717, 1.165) is 5.70 Å². The van der Waals surface area contributed by atoms with Crippen LogP contribution in [0.15, 0.2) is 47.1 Å². The van der Waals surface area contributed by atoms with Gasteiger partial charge in [-0.15, -0.1) is 0 Å². The van der Waals surface area contributed by atoms with Crippen molar-refractivity contribution in [3.05, 3.63) is 58.3 Å². The Bertz CT molecular complexity index is 560. The highest BCUT2D eigenvalue weighted by atomic mass is 16.1. The molecule has 0 amide bonds. The van der Waals surface area contributed by atoms with Crippen LogP contribution >= 0.6 is 0 Å². The maximum atomic E-state index is 10.9. The van der Waals surface area contributed by atoms with Gasteiger partial charge in [0.15, 0.2) is 0 Å². The molecule has 0 radical (unpaired) electrons. The number of likely N-dealkylation sites (N-methyl/N-ethyl adjacent to an activating group) is 1. The Labute approximate surface area is 98.3 Å². The number of hydrogen-bond donors (Lipinski definition) is 2. The summed E-state index contributed by atoms with van der Waals surface area (Å²) in [6.45, 7) is 0. The molecular weight excluding hydrogens is 216 g/mol. The molecule has 17 heavy (non-hydrogen) atoms. The average molecular weight is 228 g/mol. The van der Waals surface area contributed by atoms with Crippen LogP contribution in [0.25, 0.3) is 5.57 Å². The third kappa shape index (κ3) is 2.23. The second kappa shape index (κ2) is 4.61. The molecule has 0 atom stereocenters. The van der Waals surface area contributed by atoms with E-state index in [9.17, 15) is 4.79 Å². The van der Waals surface area contributed by atoms with Gasteiger partial charge in [0.2, 0.25) is 0 Å². The van der Waals surface area contributed by atoms with Gasteiger partial charge in [0.1, 0.15) is 0 Å². The Hall–Kier alpha value is -2.43. The van der Waals surface area contributed by atoms with Crippen LogP contribution < -0.4 is 5.56 Å². The van der Waals surface area contributed by atoms with E-state index in [1.165, 1.54) is 12.3 Å². The molecule has 0 bridgehead atoms. The molecule has 2 N–H and O–H groups in total. The molecule has 0 aromatic carbocycles. The van der Waals surface area contributed by atoms with E-state index in [0.29, 0.717) is 11.3 Å². The predicted molar refractivity (Wildman–Crippen MR) is 66.6 cm³/mol. The first-order chi connectivity index (χ1) is 8.22. The minimum Gasteiger partial charge on any atom is -0.350 e. The minimum atomic E-state index is -0.254. The third-order valence-electron chi connectivity index (χ3n) is 2.43. The molecule has 5 nitrogen and oxygen atoms in total. The average Bonchev–Trinajstić information content (AvgIpc) is 2.35. The van der Waals surface area contributed by atoms with Crippen molar-refractivity contribution < 1.29 is 0 Å². The van der Waals surface area contributed by atoms with E-state index in [1.54, 1.807) is 6.07 Å².